The summed E-state index contributed by atoms with van der Waals surface area (Å²) in [6, 6.07) is 50.8. The van der Waals surface area contributed by atoms with Crippen LogP contribution in [0.5, 0.6) is 0 Å². The Balaban J connectivity index is 1.17. The first-order chi connectivity index (χ1) is 24.1. The van der Waals surface area contributed by atoms with Gasteiger partial charge in [0.2, 0.25) is 0 Å². The largest absolute Gasteiger partial charge is 0.311 e. The number of hydrogen-bond donors (Lipinski definition) is 1. The van der Waals surface area contributed by atoms with E-state index in [0.717, 1.165) is 34.5 Å². The second kappa shape index (κ2) is 12.0. The zero-order valence-electron chi connectivity index (χ0n) is 27.1. The van der Waals surface area contributed by atoms with Crippen LogP contribution in [0.4, 0.5) is 5.69 Å². The van der Waals surface area contributed by atoms with E-state index in [-0.39, 0.29) is 0 Å². The lowest BCUT2D eigenvalue weighted by Gasteiger charge is -2.24. The molecule has 0 aliphatic heterocycles. The Bertz CT molecular complexity index is 2590. The van der Waals surface area contributed by atoms with Gasteiger partial charge >= 0.3 is 0 Å². The number of rotatable bonds is 6. The lowest BCUT2D eigenvalue weighted by Crippen LogP contribution is -2.09. The van der Waals surface area contributed by atoms with Crippen LogP contribution in [0.3, 0.4) is 0 Å². The minimum absolute atomic E-state index is 0.338. The standard InChI is InChI=1S/C45H33N3S/c1-29-26-33(31-12-4-2-5-13-31)27-39-36-24-25-37-35-16-9-11-19-41(35)49-45(37)44(36)48(43(29)39)34-22-20-30(21-23-34)28-47-40-18-10-8-17-38(40)42(46)32-14-6-3-7-15-32/h2-25,27-29,46H,26H2,1H3. The molecule has 1 N–H and O–H groups in total. The third-order valence-electron chi connectivity index (χ3n) is 9.75. The Kier molecular flexibility index (Phi) is 7.18. The molecule has 3 nitrogen and oxygen atoms in total. The summed E-state index contributed by atoms with van der Waals surface area (Å²) in [5.74, 6) is 0.338. The Morgan fingerprint density at radius 1 is 0.735 bits per heavy atom. The molecule has 6 aromatic carbocycles. The first-order valence-corrected chi connectivity index (χ1v) is 17.6. The summed E-state index contributed by atoms with van der Waals surface area (Å²) in [5.41, 5.74) is 11.8. The van der Waals surface area contributed by atoms with Crippen molar-refractivity contribution in [2.45, 2.75) is 19.3 Å². The van der Waals surface area contributed by atoms with Crippen molar-refractivity contribution in [3.8, 4) is 5.69 Å². The highest BCUT2D eigenvalue weighted by atomic mass is 32.1. The van der Waals surface area contributed by atoms with E-state index in [4.69, 9.17) is 10.4 Å². The first kappa shape index (κ1) is 29.3. The van der Waals surface area contributed by atoms with Gasteiger partial charge < -0.3 is 4.57 Å². The van der Waals surface area contributed by atoms with E-state index in [1.165, 1.54) is 53.5 Å². The van der Waals surface area contributed by atoms with E-state index < -0.39 is 0 Å². The Hall–Kier alpha value is -5.84. The maximum atomic E-state index is 8.84. The van der Waals surface area contributed by atoms with Gasteiger partial charge in [0.25, 0.3) is 0 Å². The fourth-order valence-electron chi connectivity index (χ4n) is 7.42. The van der Waals surface area contributed by atoms with E-state index in [9.17, 15) is 0 Å². The van der Waals surface area contributed by atoms with Crippen LogP contribution in [0.2, 0.25) is 0 Å². The van der Waals surface area contributed by atoms with Gasteiger partial charge in [-0.05, 0) is 53.5 Å². The molecule has 9 rings (SSSR count). The van der Waals surface area contributed by atoms with Crippen LogP contribution < -0.4 is 0 Å². The Morgan fingerprint density at radius 2 is 1.43 bits per heavy atom. The van der Waals surface area contributed by atoms with Crippen molar-refractivity contribution < 1.29 is 0 Å². The molecule has 0 bridgehead atoms. The molecular formula is C45H33N3S. The van der Waals surface area contributed by atoms with Crippen LogP contribution >= 0.6 is 11.3 Å². The van der Waals surface area contributed by atoms with E-state index in [0.29, 0.717) is 11.6 Å². The molecule has 0 fully saturated rings. The summed E-state index contributed by atoms with van der Waals surface area (Å²) in [4.78, 5) is 4.87. The highest BCUT2D eigenvalue weighted by Gasteiger charge is 2.28. The number of nitrogens with one attached hydrogen (secondary N) is 1. The van der Waals surface area contributed by atoms with Crippen LogP contribution in [0, 0.1) is 5.41 Å². The summed E-state index contributed by atoms with van der Waals surface area (Å²) in [7, 11) is 0. The number of aromatic nitrogens is 1. The maximum absolute atomic E-state index is 8.84. The third-order valence-corrected chi connectivity index (χ3v) is 10.9. The van der Waals surface area contributed by atoms with Crippen LogP contribution in [0.15, 0.2) is 151 Å². The van der Waals surface area contributed by atoms with Crippen molar-refractivity contribution in [2.75, 3.05) is 0 Å². The Labute approximate surface area is 289 Å². The van der Waals surface area contributed by atoms with Gasteiger partial charge in [-0.1, -0.05) is 128 Å². The van der Waals surface area contributed by atoms with Gasteiger partial charge in [-0.3, -0.25) is 10.4 Å². The first-order valence-electron chi connectivity index (χ1n) is 16.8. The van der Waals surface area contributed by atoms with Crippen molar-refractivity contribution in [3.63, 3.8) is 0 Å². The van der Waals surface area contributed by atoms with Crippen molar-refractivity contribution in [1.29, 1.82) is 5.41 Å². The summed E-state index contributed by atoms with van der Waals surface area (Å²) >= 11 is 1.89. The molecule has 1 atom stereocenters. The average molecular weight is 648 g/mol. The number of hydrogen-bond acceptors (Lipinski definition) is 3. The van der Waals surface area contributed by atoms with Crippen molar-refractivity contribution in [1.82, 2.24) is 4.57 Å². The van der Waals surface area contributed by atoms with E-state index in [2.05, 4.69) is 109 Å². The second-order valence-corrected chi connectivity index (χ2v) is 13.9. The SMILES string of the molecule is CC1CC(c2ccccc2)=Cc2c1n(-c1ccc(C=Nc3ccccc3C(=N)c3ccccc3)cc1)c1c2ccc2c3ccccc3sc21. The molecule has 2 heterocycles. The fourth-order valence-corrected chi connectivity index (χ4v) is 8.66. The zero-order chi connectivity index (χ0) is 32.9. The number of allylic oxidation sites excluding steroid dienone is 1. The molecule has 4 heteroatoms. The van der Waals surface area contributed by atoms with Gasteiger partial charge in [-0.15, -0.1) is 11.3 Å². The maximum Gasteiger partial charge on any atom is 0.0723 e. The molecule has 0 amide bonds. The lowest BCUT2D eigenvalue weighted by molar-refractivity contribution is 0.733. The smallest absolute Gasteiger partial charge is 0.0723 e. The normalized spacial score (nSPS) is 14.5. The van der Waals surface area contributed by atoms with Crippen molar-refractivity contribution >= 4 is 71.7 Å². The lowest BCUT2D eigenvalue weighted by atomic mass is 9.85. The van der Waals surface area contributed by atoms with Crippen molar-refractivity contribution in [2.24, 2.45) is 4.99 Å². The summed E-state index contributed by atoms with van der Waals surface area (Å²) in [5, 5.41) is 12.8. The Morgan fingerprint density at radius 3 is 2.24 bits per heavy atom. The molecule has 0 radical (unpaired) electrons. The van der Waals surface area contributed by atoms with Gasteiger partial charge in [0.15, 0.2) is 0 Å². The van der Waals surface area contributed by atoms with Gasteiger partial charge in [-0.25, -0.2) is 0 Å². The third kappa shape index (κ3) is 5.04. The summed E-state index contributed by atoms with van der Waals surface area (Å²) < 4.78 is 5.18. The number of thiophene rings is 1. The molecule has 0 spiro atoms. The van der Waals surface area contributed by atoms with Crippen LogP contribution in [0.25, 0.3) is 48.4 Å². The second-order valence-electron chi connectivity index (χ2n) is 12.8. The van der Waals surface area contributed by atoms with Gasteiger partial charge in [0.05, 0.1) is 21.6 Å². The molecule has 234 valence electrons. The minimum Gasteiger partial charge on any atom is -0.311 e. The number of aliphatic imine (C=N–C) groups is 1. The predicted molar refractivity (Wildman–Crippen MR) is 210 cm³/mol. The summed E-state index contributed by atoms with van der Waals surface area (Å²) in [6.45, 7) is 2.37. The number of nitrogens with zero attached hydrogens (tertiary/aromatic N) is 2. The molecule has 0 saturated carbocycles. The van der Waals surface area contributed by atoms with Crippen molar-refractivity contribution in [3.05, 3.63) is 179 Å². The molecule has 49 heavy (non-hydrogen) atoms. The van der Waals surface area contributed by atoms with Crippen LogP contribution in [0.1, 0.15) is 52.8 Å². The molecular weight excluding hydrogens is 615 g/mol. The quantitative estimate of drug-likeness (QED) is 0.175. The van der Waals surface area contributed by atoms with Crippen LogP contribution in [-0.2, 0) is 0 Å². The highest BCUT2D eigenvalue weighted by molar-refractivity contribution is 7.26. The van der Waals surface area contributed by atoms with Gasteiger partial charge in [-0.2, -0.15) is 0 Å². The highest BCUT2D eigenvalue weighted by Crippen LogP contribution is 2.48. The van der Waals surface area contributed by atoms with E-state index in [1.54, 1.807) is 0 Å². The predicted octanol–water partition coefficient (Wildman–Crippen LogP) is 12.2. The average Bonchev–Trinajstić information content (AvgIpc) is 3.71. The van der Waals surface area contributed by atoms with E-state index in [1.807, 2.05) is 72.1 Å². The molecule has 1 aliphatic carbocycles. The monoisotopic (exact) mass is 647 g/mol. The minimum atomic E-state index is 0.338. The summed E-state index contributed by atoms with van der Waals surface area (Å²) in [6.07, 6.45) is 5.34. The van der Waals surface area contributed by atoms with Gasteiger partial charge in [0, 0.05) is 61.1 Å². The number of para-hydroxylation sites is 1. The molecule has 1 aliphatic rings. The number of benzene rings is 6. The van der Waals surface area contributed by atoms with E-state index >= 15 is 0 Å². The molecule has 1 unspecified atom stereocenters. The van der Waals surface area contributed by atoms with Crippen LogP contribution in [-0.4, -0.2) is 16.5 Å². The molecule has 8 aromatic rings. The number of fused-ring (bicyclic) bond motifs is 7. The zero-order valence-corrected chi connectivity index (χ0v) is 27.9. The topological polar surface area (TPSA) is 41.1 Å². The fraction of sp³-hybridized carbons (Fsp3) is 0.0667. The van der Waals surface area contributed by atoms with Gasteiger partial charge in [0.1, 0.15) is 0 Å². The molecule has 0 saturated heterocycles. The molecule has 2 aromatic heterocycles.